The highest BCUT2D eigenvalue weighted by Gasteiger charge is 2.14. The van der Waals surface area contributed by atoms with Gasteiger partial charge in [-0.25, -0.2) is 0 Å². The van der Waals surface area contributed by atoms with Gasteiger partial charge >= 0.3 is 0 Å². The quantitative estimate of drug-likeness (QED) is 0.727. The van der Waals surface area contributed by atoms with Crippen molar-refractivity contribution in [2.75, 3.05) is 26.0 Å². The summed E-state index contributed by atoms with van der Waals surface area (Å²) in [5.41, 5.74) is 0. The molecule has 1 aliphatic heterocycles. The Balaban J connectivity index is 2.13. The molecule has 3 nitrogen and oxygen atoms in total. The van der Waals surface area contributed by atoms with Crippen LogP contribution in [-0.4, -0.2) is 41.5 Å². The summed E-state index contributed by atoms with van der Waals surface area (Å²) in [6, 6.07) is 0.472. The van der Waals surface area contributed by atoms with Crippen LogP contribution in [0.3, 0.4) is 0 Å². The lowest BCUT2D eigenvalue weighted by atomic mass is 10.1. The Hall–Kier alpha value is 0.0700. The second-order valence-electron chi connectivity index (χ2n) is 3.63. The summed E-state index contributed by atoms with van der Waals surface area (Å²) < 4.78 is 16.4. The molecule has 1 rings (SSSR count). The number of hydrogen-bond donors (Lipinski definition) is 1. The van der Waals surface area contributed by atoms with Crippen LogP contribution in [0.2, 0.25) is 0 Å². The van der Waals surface area contributed by atoms with Gasteiger partial charge < -0.3 is 10.1 Å². The fourth-order valence-electron chi connectivity index (χ4n) is 1.35. The van der Waals surface area contributed by atoms with Crippen LogP contribution in [0.15, 0.2) is 0 Å². The minimum Gasteiger partial charge on any atom is -0.380 e. The lowest BCUT2D eigenvalue weighted by Gasteiger charge is -2.24. The van der Waals surface area contributed by atoms with Crippen LogP contribution in [0.1, 0.15) is 19.8 Å². The van der Waals surface area contributed by atoms with Crippen molar-refractivity contribution >= 4 is 10.8 Å². The number of nitrogens with one attached hydrogen (secondary N) is 1. The van der Waals surface area contributed by atoms with Gasteiger partial charge in [0.05, 0.1) is 6.61 Å². The van der Waals surface area contributed by atoms with Crippen LogP contribution in [0.25, 0.3) is 0 Å². The molecule has 0 amide bonds. The van der Waals surface area contributed by atoms with E-state index >= 15 is 0 Å². The molecule has 78 valence electrons. The van der Waals surface area contributed by atoms with E-state index in [4.69, 9.17) is 4.74 Å². The van der Waals surface area contributed by atoms with Gasteiger partial charge in [-0.2, -0.15) is 0 Å². The van der Waals surface area contributed by atoms with Crippen LogP contribution in [0, 0.1) is 0 Å². The van der Waals surface area contributed by atoms with Gasteiger partial charge in [-0.15, -0.1) is 0 Å². The maximum Gasteiger partial charge on any atom is 0.0619 e. The van der Waals surface area contributed by atoms with Gasteiger partial charge in [0.15, 0.2) is 0 Å². The molecule has 0 aromatic rings. The molecule has 1 heterocycles. The standard InChI is InChI=1S/C9H19NO2S/c1-8(13(2)11)6-10-9-4-3-5-12-7-9/h8-10H,3-7H2,1-2H3. The molecular weight excluding hydrogens is 186 g/mol. The zero-order valence-electron chi connectivity index (χ0n) is 8.41. The molecule has 1 N–H and O–H groups in total. The van der Waals surface area contributed by atoms with Crippen molar-refractivity contribution in [1.82, 2.24) is 5.32 Å². The van der Waals surface area contributed by atoms with Gasteiger partial charge in [0.1, 0.15) is 0 Å². The van der Waals surface area contributed by atoms with Crippen molar-refractivity contribution in [2.45, 2.75) is 31.1 Å². The summed E-state index contributed by atoms with van der Waals surface area (Å²) in [5.74, 6) is 0. The molecule has 1 aliphatic rings. The van der Waals surface area contributed by atoms with E-state index in [0.717, 1.165) is 26.2 Å². The Morgan fingerprint density at radius 2 is 2.46 bits per heavy atom. The predicted octanol–water partition coefficient (Wildman–Crippen LogP) is 0.522. The van der Waals surface area contributed by atoms with Gasteiger partial charge in [-0.3, -0.25) is 4.21 Å². The Bertz CT molecular complexity index is 169. The molecule has 1 saturated heterocycles. The Morgan fingerprint density at radius 3 is 3.00 bits per heavy atom. The lowest BCUT2D eigenvalue weighted by Crippen LogP contribution is -2.40. The molecular formula is C9H19NO2S. The van der Waals surface area contributed by atoms with Crippen LogP contribution in [-0.2, 0) is 15.5 Å². The molecule has 0 aliphatic carbocycles. The van der Waals surface area contributed by atoms with E-state index in [1.807, 2.05) is 6.92 Å². The van der Waals surface area contributed by atoms with Crippen molar-refractivity contribution in [2.24, 2.45) is 0 Å². The molecule has 0 aromatic carbocycles. The average Bonchev–Trinajstić information content (AvgIpc) is 2.15. The lowest BCUT2D eigenvalue weighted by molar-refractivity contribution is 0.0707. The fourth-order valence-corrected chi connectivity index (χ4v) is 1.68. The molecule has 13 heavy (non-hydrogen) atoms. The van der Waals surface area contributed by atoms with Crippen molar-refractivity contribution in [3.8, 4) is 0 Å². The summed E-state index contributed by atoms with van der Waals surface area (Å²) in [7, 11) is -0.718. The summed E-state index contributed by atoms with van der Waals surface area (Å²) in [5, 5.41) is 3.62. The van der Waals surface area contributed by atoms with E-state index in [9.17, 15) is 4.21 Å². The van der Waals surface area contributed by atoms with E-state index in [1.54, 1.807) is 6.26 Å². The molecule has 1 fully saturated rings. The average molecular weight is 205 g/mol. The van der Waals surface area contributed by atoms with Gasteiger partial charge in [0, 0.05) is 41.5 Å². The van der Waals surface area contributed by atoms with E-state index < -0.39 is 10.8 Å². The minimum absolute atomic E-state index is 0.238. The van der Waals surface area contributed by atoms with Crippen LogP contribution in [0.4, 0.5) is 0 Å². The largest absolute Gasteiger partial charge is 0.380 e. The van der Waals surface area contributed by atoms with Crippen LogP contribution < -0.4 is 5.32 Å². The second-order valence-corrected chi connectivity index (χ2v) is 5.43. The van der Waals surface area contributed by atoms with Crippen molar-refractivity contribution in [1.29, 1.82) is 0 Å². The molecule has 3 unspecified atom stereocenters. The molecule has 0 saturated carbocycles. The first-order valence-corrected chi connectivity index (χ1v) is 6.45. The summed E-state index contributed by atoms with van der Waals surface area (Å²) >= 11 is 0. The second kappa shape index (κ2) is 5.73. The number of hydrogen-bond acceptors (Lipinski definition) is 3. The molecule has 4 heteroatoms. The molecule has 0 spiro atoms. The monoisotopic (exact) mass is 205 g/mol. The van der Waals surface area contributed by atoms with Gasteiger partial charge in [0.25, 0.3) is 0 Å². The zero-order chi connectivity index (χ0) is 9.68. The highest BCUT2D eigenvalue weighted by atomic mass is 32.2. The highest BCUT2D eigenvalue weighted by molar-refractivity contribution is 7.84. The van der Waals surface area contributed by atoms with E-state index in [-0.39, 0.29) is 5.25 Å². The fraction of sp³-hybridized carbons (Fsp3) is 1.00. The minimum atomic E-state index is -0.718. The van der Waals surface area contributed by atoms with Crippen molar-refractivity contribution < 1.29 is 8.95 Å². The number of rotatable bonds is 4. The first-order chi connectivity index (χ1) is 6.20. The maximum absolute atomic E-state index is 11.1. The first kappa shape index (κ1) is 11.1. The molecule has 0 bridgehead atoms. The highest BCUT2D eigenvalue weighted by Crippen LogP contribution is 2.05. The van der Waals surface area contributed by atoms with E-state index in [0.29, 0.717) is 6.04 Å². The summed E-state index contributed by atoms with van der Waals surface area (Å²) in [6.07, 6.45) is 4.08. The SMILES string of the molecule is CC(CNC1CCCOC1)S(C)=O. The summed E-state index contributed by atoms with van der Waals surface area (Å²) in [6.45, 7) is 4.54. The molecule has 0 radical (unpaired) electrons. The Morgan fingerprint density at radius 1 is 1.69 bits per heavy atom. The van der Waals surface area contributed by atoms with Crippen LogP contribution >= 0.6 is 0 Å². The topological polar surface area (TPSA) is 38.3 Å². The zero-order valence-corrected chi connectivity index (χ0v) is 9.23. The number of ether oxygens (including phenoxy) is 1. The van der Waals surface area contributed by atoms with Gasteiger partial charge in [-0.1, -0.05) is 0 Å². The van der Waals surface area contributed by atoms with Crippen molar-refractivity contribution in [3.63, 3.8) is 0 Å². The van der Waals surface area contributed by atoms with Gasteiger partial charge in [-0.05, 0) is 19.8 Å². The van der Waals surface area contributed by atoms with E-state index in [2.05, 4.69) is 5.32 Å². The predicted molar refractivity (Wildman–Crippen MR) is 55.4 cm³/mol. The molecule has 3 atom stereocenters. The Kier molecular flexibility index (Phi) is 4.91. The third-order valence-corrected chi connectivity index (χ3v) is 3.72. The smallest absolute Gasteiger partial charge is 0.0619 e. The van der Waals surface area contributed by atoms with Crippen LogP contribution in [0.5, 0.6) is 0 Å². The van der Waals surface area contributed by atoms with Crippen molar-refractivity contribution in [3.05, 3.63) is 0 Å². The molecule has 0 aromatic heterocycles. The first-order valence-electron chi connectivity index (χ1n) is 4.83. The maximum atomic E-state index is 11.1. The third kappa shape index (κ3) is 4.20. The summed E-state index contributed by atoms with van der Waals surface area (Å²) in [4.78, 5) is 0. The van der Waals surface area contributed by atoms with Gasteiger partial charge in [0.2, 0.25) is 0 Å². The third-order valence-electron chi connectivity index (χ3n) is 2.42. The Labute approximate surface area is 82.7 Å². The normalized spacial score (nSPS) is 28.3. The van der Waals surface area contributed by atoms with E-state index in [1.165, 1.54) is 6.42 Å².